The molecule has 248 valence electrons. The molecule has 0 radical (unpaired) electrons. The molecule has 0 atom stereocenters. The van der Waals surface area contributed by atoms with E-state index in [0.29, 0.717) is 23.5 Å². The molecular weight excluding hydrogens is 623 g/mol. The van der Waals surface area contributed by atoms with E-state index in [1.807, 2.05) is 13.8 Å². The van der Waals surface area contributed by atoms with E-state index in [1.54, 1.807) is 50.1 Å². The highest BCUT2D eigenvalue weighted by Crippen LogP contribution is 2.40. The zero-order valence-electron chi connectivity index (χ0n) is 27.8. The molecule has 10 N–H and O–H groups in total. The first-order valence-corrected chi connectivity index (χ1v) is 16.1. The smallest absolute Gasteiger partial charge is 0.448 e. The van der Waals surface area contributed by atoms with Crippen molar-refractivity contribution in [2.24, 2.45) is 0 Å². The zero-order valence-corrected chi connectivity index (χ0v) is 29.5. The van der Waals surface area contributed by atoms with Crippen LogP contribution in [-0.4, -0.2) is 51.3 Å². The minimum absolute atomic E-state index is 0.187. The van der Waals surface area contributed by atoms with Crippen LogP contribution in [0.2, 0.25) is 6.82 Å². The van der Waals surface area contributed by atoms with Crippen molar-refractivity contribution in [1.82, 2.24) is 19.9 Å². The molecule has 2 heterocycles. The van der Waals surface area contributed by atoms with E-state index < -0.39 is 7.12 Å². The van der Waals surface area contributed by atoms with E-state index in [9.17, 15) is 0 Å². The third-order valence-corrected chi connectivity index (χ3v) is 8.56. The molecule has 0 spiro atoms. The molecule has 0 unspecified atom stereocenters. The van der Waals surface area contributed by atoms with Crippen molar-refractivity contribution in [2.75, 3.05) is 37.2 Å². The van der Waals surface area contributed by atoms with Crippen LogP contribution in [0.5, 0.6) is 11.5 Å². The average molecular weight is 669 g/mol. The van der Waals surface area contributed by atoms with Gasteiger partial charge in [0.15, 0.2) is 0 Å². The molecular formula is C31H45BN8O4S2. The fourth-order valence-corrected chi connectivity index (χ4v) is 6.35. The number of nitrogens with two attached hydrogens (primary N) is 4. The van der Waals surface area contributed by atoms with Crippen LogP contribution in [0.3, 0.4) is 0 Å². The summed E-state index contributed by atoms with van der Waals surface area (Å²) in [4.78, 5) is 19.9. The van der Waals surface area contributed by atoms with Crippen molar-refractivity contribution in [3.05, 3.63) is 58.9 Å². The number of benzene rings is 2. The van der Waals surface area contributed by atoms with Crippen molar-refractivity contribution in [2.45, 2.75) is 79.8 Å². The summed E-state index contributed by atoms with van der Waals surface area (Å²) in [7, 11) is 2.20. The summed E-state index contributed by atoms with van der Waals surface area (Å²) in [6.07, 6.45) is 3.32. The number of nitrogens with zero attached hydrogens (tertiary/aromatic N) is 4. The molecule has 4 aromatic rings. The number of hydrogen-bond donors (Lipinski definition) is 6. The van der Waals surface area contributed by atoms with Gasteiger partial charge in [0.05, 0.1) is 24.0 Å². The summed E-state index contributed by atoms with van der Waals surface area (Å²) in [6, 6.07) is 8.37. The Labute approximate surface area is 280 Å². The fourth-order valence-electron chi connectivity index (χ4n) is 4.06. The maximum absolute atomic E-state index is 7.61. The van der Waals surface area contributed by atoms with Crippen LogP contribution in [-0.2, 0) is 0 Å². The first kappa shape index (κ1) is 38.3. The van der Waals surface area contributed by atoms with Gasteiger partial charge in [0.25, 0.3) is 0 Å². The minimum Gasteiger partial charge on any atom is -0.496 e. The maximum atomic E-state index is 7.61. The van der Waals surface area contributed by atoms with Crippen molar-refractivity contribution in [3.8, 4) is 11.5 Å². The lowest BCUT2D eigenvalue weighted by Crippen LogP contribution is -2.01. The maximum Gasteiger partial charge on any atom is 0.448 e. The third kappa shape index (κ3) is 11.2. The van der Waals surface area contributed by atoms with Crippen LogP contribution in [0.25, 0.3) is 0 Å². The van der Waals surface area contributed by atoms with Gasteiger partial charge < -0.3 is 42.5 Å². The molecule has 0 fully saturated rings. The number of hydrogen-bond acceptors (Lipinski definition) is 14. The molecule has 12 nitrogen and oxygen atoms in total. The molecule has 0 aliphatic carbocycles. The number of rotatable bonds is 8. The lowest BCUT2D eigenvalue weighted by atomic mass is 9.99. The fraction of sp³-hybridized carbons (Fsp3) is 0.355. The Hall–Kier alpha value is -3.92. The Morgan fingerprint density at radius 3 is 1.24 bits per heavy atom. The summed E-state index contributed by atoms with van der Waals surface area (Å²) in [5.74, 6) is 3.70. The van der Waals surface area contributed by atoms with Crippen LogP contribution in [0.4, 0.5) is 23.5 Å². The van der Waals surface area contributed by atoms with Crippen molar-refractivity contribution in [3.63, 3.8) is 0 Å². The Morgan fingerprint density at radius 2 is 0.978 bits per heavy atom. The highest BCUT2D eigenvalue weighted by Gasteiger charge is 2.16. The molecule has 0 amide bonds. The lowest BCUT2D eigenvalue weighted by Gasteiger charge is -2.16. The van der Waals surface area contributed by atoms with Gasteiger partial charge >= 0.3 is 7.12 Å². The molecule has 0 bridgehead atoms. The van der Waals surface area contributed by atoms with Gasteiger partial charge in [-0.2, -0.15) is 9.97 Å². The highest BCUT2D eigenvalue weighted by molar-refractivity contribution is 7.99. The van der Waals surface area contributed by atoms with Gasteiger partial charge in [0.1, 0.15) is 23.1 Å². The third-order valence-electron chi connectivity index (χ3n) is 6.34. The zero-order chi connectivity index (χ0) is 34.7. The summed E-state index contributed by atoms with van der Waals surface area (Å²) in [5, 5.41) is 15.2. The predicted octanol–water partition coefficient (Wildman–Crippen LogP) is 5.55. The number of aromatic nitrogens is 4. The summed E-state index contributed by atoms with van der Waals surface area (Å²) < 4.78 is 10.8. The van der Waals surface area contributed by atoms with Crippen molar-refractivity contribution >= 4 is 54.2 Å². The van der Waals surface area contributed by atoms with Gasteiger partial charge in [-0.05, 0) is 79.0 Å². The van der Waals surface area contributed by atoms with Crippen LogP contribution in [0.15, 0.2) is 56.2 Å². The van der Waals surface area contributed by atoms with E-state index in [2.05, 4.69) is 71.9 Å². The molecule has 4 rings (SSSR count). The molecule has 2 aromatic heterocycles. The predicted molar refractivity (Wildman–Crippen MR) is 190 cm³/mol. The monoisotopic (exact) mass is 668 g/mol. The number of anilines is 4. The van der Waals surface area contributed by atoms with Gasteiger partial charge in [-0.3, -0.25) is 0 Å². The standard InChI is InChI=1S/2C15H20N4OS.CH5BO2/c2*1-8(2)10-6-11(20-4)9(3)5-12(10)21-13-7-18-15(17)19-14(13)16;1-2(3)4/h2*5-8H,1-4H3,(H4,16,17,18,19);3-4H,1H3. The highest BCUT2D eigenvalue weighted by atomic mass is 32.2. The Bertz CT molecular complexity index is 1490. The van der Waals surface area contributed by atoms with Crippen molar-refractivity contribution < 1.29 is 19.5 Å². The van der Waals surface area contributed by atoms with Gasteiger partial charge in [-0.25, -0.2) is 9.97 Å². The first-order chi connectivity index (χ1) is 21.6. The molecule has 0 aliphatic rings. The minimum atomic E-state index is -1.17. The van der Waals surface area contributed by atoms with E-state index >= 15 is 0 Å². The quantitative estimate of drug-likeness (QED) is 0.127. The van der Waals surface area contributed by atoms with E-state index in [-0.39, 0.29) is 11.9 Å². The van der Waals surface area contributed by atoms with Gasteiger partial charge in [-0.15, -0.1) is 0 Å². The number of ether oxygens (including phenoxy) is 2. The van der Waals surface area contributed by atoms with Gasteiger partial charge in [-0.1, -0.05) is 51.2 Å². The average Bonchev–Trinajstić information content (AvgIpc) is 2.96. The second-order valence-corrected chi connectivity index (χ2v) is 13.0. The first-order valence-electron chi connectivity index (χ1n) is 14.4. The van der Waals surface area contributed by atoms with E-state index in [0.717, 1.165) is 42.2 Å². The number of nitrogen functional groups attached to an aromatic ring is 4. The molecule has 0 aliphatic heterocycles. The normalized spacial score (nSPS) is 10.5. The molecule has 15 heteroatoms. The second-order valence-electron chi connectivity index (χ2n) is 10.8. The van der Waals surface area contributed by atoms with Crippen LogP contribution < -0.4 is 32.4 Å². The number of methoxy groups -OCH3 is 2. The second kappa shape index (κ2) is 17.7. The summed E-state index contributed by atoms with van der Waals surface area (Å²) >= 11 is 3.10. The lowest BCUT2D eigenvalue weighted by molar-refractivity contribution is 0.410. The molecule has 46 heavy (non-hydrogen) atoms. The van der Waals surface area contributed by atoms with E-state index in [4.69, 9.17) is 42.5 Å². The van der Waals surface area contributed by atoms with Crippen LogP contribution in [0, 0.1) is 13.8 Å². The molecule has 0 saturated carbocycles. The van der Waals surface area contributed by atoms with Crippen LogP contribution >= 0.6 is 23.5 Å². The Kier molecular flexibility index (Phi) is 14.7. The summed E-state index contributed by atoms with van der Waals surface area (Å²) in [5.41, 5.74) is 27.5. The van der Waals surface area contributed by atoms with Crippen LogP contribution in [0.1, 0.15) is 61.8 Å². The SMILES string of the molecule is CB(O)O.COc1cc(C(C)C)c(Sc2cnc(N)nc2N)cc1C.COc1cc(C(C)C)c(Sc2cnc(N)nc2N)cc1C. The van der Waals surface area contributed by atoms with Gasteiger partial charge in [0.2, 0.25) is 11.9 Å². The Balaban J connectivity index is 0.000000287. The summed E-state index contributed by atoms with van der Waals surface area (Å²) in [6.45, 7) is 13.9. The Morgan fingerprint density at radius 1 is 0.652 bits per heavy atom. The topological polar surface area (TPSA) is 215 Å². The number of aryl methyl sites for hydroxylation is 2. The molecule has 2 aromatic carbocycles. The van der Waals surface area contributed by atoms with Crippen molar-refractivity contribution in [1.29, 1.82) is 0 Å². The largest absolute Gasteiger partial charge is 0.496 e. The van der Waals surface area contributed by atoms with Gasteiger partial charge in [0, 0.05) is 22.2 Å². The molecule has 0 saturated heterocycles. The van der Waals surface area contributed by atoms with E-state index in [1.165, 1.54) is 17.9 Å².